The Balaban J connectivity index is 1.98. The van der Waals surface area contributed by atoms with E-state index in [0.717, 1.165) is 16.6 Å². The highest BCUT2D eigenvalue weighted by Gasteiger charge is 2.51. The van der Waals surface area contributed by atoms with E-state index in [0.29, 0.717) is 11.3 Å². The van der Waals surface area contributed by atoms with Crippen molar-refractivity contribution in [1.29, 1.82) is 0 Å². The van der Waals surface area contributed by atoms with Crippen LogP contribution in [0.1, 0.15) is 51.3 Å². The lowest BCUT2D eigenvalue weighted by Gasteiger charge is -2.32. The fourth-order valence-corrected chi connectivity index (χ4v) is 3.34. The van der Waals surface area contributed by atoms with Crippen LogP contribution in [-0.4, -0.2) is 30.5 Å². The van der Waals surface area contributed by atoms with Crippen LogP contribution >= 0.6 is 0 Å². The molecule has 0 bridgehead atoms. The van der Waals surface area contributed by atoms with Gasteiger partial charge in [0, 0.05) is 5.56 Å². The van der Waals surface area contributed by atoms with Gasteiger partial charge in [0.1, 0.15) is 11.4 Å². The minimum atomic E-state index is -1.17. The molecule has 1 aliphatic rings. The Kier molecular flexibility index (Phi) is 4.92. The number of rotatable bonds is 4. The minimum absolute atomic E-state index is 0.406. The minimum Gasteiger partial charge on any atom is -0.496 e. The molecule has 0 saturated carbocycles. The SMILES string of the molecule is COc1cc(B2OC(C)(C)C(C)(C)O2)ccc1C(C)(O)c1cccc(C)c1. The Morgan fingerprint density at radius 3 is 2.19 bits per heavy atom. The van der Waals surface area contributed by atoms with Crippen molar-refractivity contribution in [3.63, 3.8) is 0 Å². The van der Waals surface area contributed by atoms with Gasteiger partial charge in [0.15, 0.2) is 0 Å². The molecule has 0 amide bonds. The third-order valence-electron chi connectivity index (χ3n) is 5.86. The maximum atomic E-state index is 11.3. The Labute approximate surface area is 162 Å². The zero-order chi connectivity index (χ0) is 20.0. The number of aryl methyl sites for hydroxylation is 1. The van der Waals surface area contributed by atoms with E-state index in [1.54, 1.807) is 14.0 Å². The average Bonchev–Trinajstić information content (AvgIpc) is 2.82. The van der Waals surface area contributed by atoms with Crippen LogP contribution in [0.2, 0.25) is 0 Å². The van der Waals surface area contributed by atoms with E-state index in [2.05, 4.69) is 0 Å². The van der Waals surface area contributed by atoms with Crippen LogP contribution in [0, 0.1) is 6.92 Å². The Bertz CT molecular complexity index is 826. The summed E-state index contributed by atoms with van der Waals surface area (Å²) in [5.41, 5.74) is 1.51. The fourth-order valence-electron chi connectivity index (χ4n) is 3.34. The van der Waals surface area contributed by atoms with Crippen molar-refractivity contribution in [2.45, 2.75) is 58.3 Å². The molecule has 144 valence electrons. The van der Waals surface area contributed by atoms with Gasteiger partial charge in [0.2, 0.25) is 0 Å². The van der Waals surface area contributed by atoms with Gasteiger partial charge in [-0.15, -0.1) is 0 Å². The molecule has 0 aliphatic carbocycles. The topological polar surface area (TPSA) is 47.9 Å². The summed E-state index contributed by atoms with van der Waals surface area (Å²) in [5.74, 6) is 0.605. The number of aliphatic hydroxyl groups is 1. The second-order valence-corrected chi connectivity index (χ2v) is 8.49. The zero-order valence-corrected chi connectivity index (χ0v) is 17.3. The van der Waals surface area contributed by atoms with Crippen molar-refractivity contribution < 1.29 is 19.2 Å². The third-order valence-corrected chi connectivity index (χ3v) is 5.86. The van der Waals surface area contributed by atoms with Crippen molar-refractivity contribution >= 4 is 12.6 Å². The maximum absolute atomic E-state index is 11.3. The Morgan fingerprint density at radius 1 is 1.00 bits per heavy atom. The van der Waals surface area contributed by atoms with Gasteiger partial charge < -0.3 is 19.2 Å². The van der Waals surface area contributed by atoms with E-state index in [1.165, 1.54) is 0 Å². The number of hydrogen-bond donors (Lipinski definition) is 1. The molecule has 0 aromatic heterocycles. The summed E-state index contributed by atoms with van der Waals surface area (Å²) in [5, 5.41) is 11.3. The van der Waals surface area contributed by atoms with E-state index < -0.39 is 23.9 Å². The van der Waals surface area contributed by atoms with E-state index >= 15 is 0 Å². The molecule has 1 heterocycles. The molecule has 1 saturated heterocycles. The molecule has 2 aromatic carbocycles. The van der Waals surface area contributed by atoms with Crippen molar-refractivity contribution in [3.8, 4) is 5.75 Å². The maximum Gasteiger partial charge on any atom is 0.494 e. The zero-order valence-electron chi connectivity index (χ0n) is 17.3. The third kappa shape index (κ3) is 3.52. The van der Waals surface area contributed by atoms with Gasteiger partial charge in [-0.3, -0.25) is 0 Å². The van der Waals surface area contributed by atoms with Gasteiger partial charge in [-0.05, 0) is 58.6 Å². The largest absolute Gasteiger partial charge is 0.496 e. The molecule has 1 atom stereocenters. The van der Waals surface area contributed by atoms with Gasteiger partial charge in [-0.1, -0.05) is 42.0 Å². The molecule has 5 heteroatoms. The molecule has 4 nitrogen and oxygen atoms in total. The first-order valence-electron chi connectivity index (χ1n) is 9.31. The Morgan fingerprint density at radius 2 is 1.63 bits per heavy atom. The summed E-state index contributed by atoms with van der Waals surface area (Å²) in [6.45, 7) is 11.9. The highest BCUT2D eigenvalue weighted by molar-refractivity contribution is 6.62. The molecular weight excluding hydrogens is 339 g/mol. The lowest BCUT2D eigenvalue weighted by Crippen LogP contribution is -2.41. The molecule has 3 rings (SSSR count). The number of hydrogen-bond acceptors (Lipinski definition) is 4. The fraction of sp³-hybridized carbons (Fsp3) is 0.455. The molecule has 27 heavy (non-hydrogen) atoms. The van der Waals surface area contributed by atoms with Crippen molar-refractivity contribution in [3.05, 3.63) is 59.2 Å². The normalized spacial score (nSPS) is 20.4. The van der Waals surface area contributed by atoms with Gasteiger partial charge in [0.05, 0.1) is 18.3 Å². The van der Waals surface area contributed by atoms with Crippen LogP contribution in [0.5, 0.6) is 5.75 Å². The van der Waals surface area contributed by atoms with E-state index in [9.17, 15) is 5.11 Å². The lowest BCUT2D eigenvalue weighted by atomic mass is 9.77. The highest BCUT2D eigenvalue weighted by Crippen LogP contribution is 2.38. The van der Waals surface area contributed by atoms with E-state index in [1.807, 2.05) is 77.1 Å². The standard InChI is InChI=1S/C22H29BO4/c1-15-9-8-10-16(13-15)22(6,24)18-12-11-17(14-19(18)25-7)23-26-20(2,3)21(4,5)27-23/h8-14,24H,1-7H3. The predicted octanol–water partition coefficient (Wildman–Crippen LogP) is 3.56. The monoisotopic (exact) mass is 368 g/mol. The summed E-state index contributed by atoms with van der Waals surface area (Å²) in [7, 11) is 1.14. The molecule has 1 unspecified atom stereocenters. The second kappa shape index (κ2) is 6.66. The average molecular weight is 368 g/mol. The predicted molar refractivity (Wildman–Crippen MR) is 109 cm³/mol. The van der Waals surface area contributed by atoms with E-state index in [-0.39, 0.29) is 0 Å². The molecule has 1 N–H and O–H groups in total. The van der Waals surface area contributed by atoms with Crippen LogP contribution in [-0.2, 0) is 14.9 Å². The van der Waals surface area contributed by atoms with Gasteiger partial charge >= 0.3 is 7.12 Å². The van der Waals surface area contributed by atoms with E-state index in [4.69, 9.17) is 14.0 Å². The first-order valence-corrected chi connectivity index (χ1v) is 9.31. The smallest absolute Gasteiger partial charge is 0.494 e. The summed E-state index contributed by atoms with van der Waals surface area (Å²) in [4.78, 5) is 0. The molecule has 0 spiro atoms. The van der Waals surface area contributed by atoms with Gasteiger partial charge in [-0.25, -0.2) is 0 Å². The van der Waals surface area contributed by atoms with Crippen LogP contribution in [0.4, 0.5) is 0 Å². The quantitative estimate of drug-likeness (QED) is 0.839. The number of methoxy groups -OCH3 is 1. The van der Waals surface area contributed by atoms with Crippen LogP contribution < -0.4 is 10.2 Å². The van der Waals surface area contributed by atoms with Crippen LogP contribution in [0.15, 0.2) is 42.5 Å². The van der Waals surface area contributed by atoms with Gasteiger partial charge in [0.25, 0.3) is 0 Å². The number of ether oxygens (including phenoxy) is 1. The van der Waals surface area contributed by atoms with Crippen molar-refractivity contribution in [1.82, 2.24) is 0 Å². The summed E-state index contributed by atoms with van der Waals surface area (Å²) < 4.78 is 17.9. The summed E-state index contributed by atoms with van der Waals surface area (Å²) >= 11 is 0. The number of benzene rings is 2. The van der Waals surface area contributed by atoms with Crippen LogP contribution in [0.25, 0.3) is 0 Å². The lowest BCUT2D eigenvalue weighted by molar-refractivity contribution is 0.00578. The summed E-state index contributed by atoms with van der Waals surface area (Å²) in [6.07, 6.45) is 0. The second-order valence-electron chi connectivity index (χ2n) is 8.49. The summed E-state index contributed by atoms with van der Waals surface area (Å²) in [6, 6.07) is 13.6. The van der Waals surface area contributed by atoms with Crippen molar-refractivity contribution in [2.75, 3.05) is 7.11 Å². The highest BCUT2D eigenvalue weighted by atomic mass is 16.7. The van der Waals surface area contributed by atoms with Gasteiger partial charge in [-0.2, -0.15) is 0 Å². The van der Waals surface area contributed by atoms with Crippen molar-refractivity contribution in [2.24, 2.45) is 0 Å². The molecule has 1 aliphatic heterocycles. The molecule has 1 fully saturated rings. The molecule has 2 aromatic rings. The first-order chi connectivity index (χ1) is 12.5. The van der Waals surface area contributed by atoms with Crippen LogP contribution in [0.3, 0.4) is 0 Å². The molecule has 0 radical (unpaired) electrons. The first kappa shape index (κ1) is 19.9. The Hall–Kier alpha value is -1.82. The molecular formula is C22H29BO4.